The molecule has 7 nitrogen and oxygen atoms in total. The Labute approximate surface area is 169 Å². The highest BCUT2D eigenvalue weighted by Crippen LogP contribution is 2.29. The lowest BCUT2D eigenvalue weighted by atomic mass is 10.2. The van der Waals surface area contributed by atoms with Crippen molar-refractivity contribution in [3.63, 3.8) is 0 Å². The Morgan fingerprint density at radius 2 is 1.89 bits per heavy atom. The number of carbonyl (C=O) groups is 2. The number of amides is 2. The van der Waals surface area contributed by atoms with E-state index in [0.29, 0.717) is 37.7 Å². The number of thiazole rings is 1. The molecule has 0 atom stereocenters. The van der Waals surface area contributed by atoms with Crippen LogP contribution in [0.25, 0.3) is 10.6 Å². The van der Waals surface area contributed by atoms with Crippen molar-refractivity contribution in [2.75, 3.05) is 32.8 Å². The number of hydrogen-bond donors (Lipinski definition) is 0. The molecule has 0 aromatic carbocycles. The molecule has 1 saturated heterocycles. The molecule has 2 aromatic heterocycles. The lowest BCUT2D eigenvalue weighted by molar-refractivity contribution is 0.0573. The Bertz CT molecular complexity index is 844. The van der Waals surface area contributed by atoms with Gasteiger partial charge in [-0.1, -0.05) is 13.3 Å². The zero-order chi connectivity index (χ0) is 20.1. The van der Waals surface area contributed by atoms with Gasteiger partial charge in [-0.2, -0.15) is 0 Å². The van der Waals surface area contributed by atoms with Crippen molar-refractivity contribution < 1.29 is 14.3 Å². The van der Waals surface area contributed by atoms with E-state index in [4.69, 9.17) is 4.74 Å². The first-order valence-corrected chi connectivity index (χ1v) is 10.5. The van der Waals surface area contributed by atoms with Crippen molar-refractivity contribution in [1.82, 2.24) is 19.8 Å². The third kappa shape index (κ3) is 4.49. The number of pyridine rings is 1. The zero-order valence-corrected chi connectivity index (χ0v) is 17.4. The lowest BCUT2D eigenvalue weighted by Gasteiger charge is -2.33. The number of nitrogens with zero attached hydrogens (tertiary/aromatic N) is 4. The average Bonchev–Trinajstić information content (AvgIpc) is 3.10. The fourth-order valence-electron chi connectivity index (χ4n) is 3.17. The molecule has 0 radical (unpaired) electrons. The summed E-state index contributed by atoms with van der Waals surface area (Å²) < 4.78 is 5.03. The summed E-state index contributed by atoms with van der Waals surface area (Å²) in [5, 5.41) is 0.839. The summed E-state index contributed by atoms with van der Waals surface area (Å²) in [6.45, 7) is 8.11. The fourth-order valence-corrected chi connectivity index (χ4v) is 4.20. The Hall–Kier alpha value is -2.48. The summed E-state index contributed by atoms with van der Waals surface area (Å²) in [6, 6.07) is 3.98. The molecule has 1 aliphatic rings. The van der Waals surface area contributed by atoms with Gasteiger partial charge in [0.05, 0.1) is 12.3 Å². The summed E-state index contributed by atoms with van der Waals surface area (Å²) in [5.74, 6) is -0.0207. The summed E-state index contributed by atoms with van der Waals surface area (Å²) in [6.07, 6.45) is 3.45. The van der Waals surface area contributed by atoms with E-state index in [1.165, 1.54) is 11.3 Å². The van der Waals surface area contributed by atoms with E-state index in [2.05, 4.69) is 16.9 Å². The van der Waals surface area contributed by atoms with Crippen LogP contribution in [-0.4, -0.2) is 64.6 Å². The number of ether oxygens (including phenoxy) is 1. The zero-order valence-electron chi connectivity index (χ0n) is 16.6. The highest BCUT2D eigenvalue weighted by atomic mass is 32.1. The first kappa shape index (κ1) is 20.3. The lowest BCUT2D eigenvalue weighted by Crippen LogP contribution is -2.50. The monoisotopic (exact) mass is 402 g/mol. The van der Waals surface area contributed by atoms with Crippen molar-refractivity contribution >= 4 is 23.3 Å². The molecule has 150 valence electrons. The minimum atomic E-state index is -0.313. The largest absolute Gasteiger partial charge is 0.450 e. The van der Waals surface area contributed by atoms with Crippen LogP contribution in [0.4, 0.5) is 4.79 Å². The number of aromatic nitrogens is 2. The maximum absolute atomic E-state index is 13.0. The van der Waals surface area contributed by atoms with E-state index in [1.54, 1.807) is 22.9 Å². The van der Waals surface area contributed by atoms with Gasteiger partial charge >= 0.3 is 6.09 Å². The average molecular weight is 403 g/mol. The minimum Gasteiger partial charge on any atom is -0.450 e. The summed E-state index contributed by atoms with van der Waals surface area (Å²) in [4.78, 5) is 37.9. The third-order valence-corrected chi connectivity index (χ3v) is 5.85. The predicted octanol–water partition coefficient (Wildman–Crippen LogP) is 3.38. The van der Waals surface area contributed by atoms with Crippen molar-refractivity contribution in [3.05, 3.63) is 34.6 Å². The van der Waals surface area contributed by atoms with Gasteiger partial charge < -0.3 is 14.5 Å². The molecule has 0 aliphatic carbocycles. The molecule has 0 unspecified atom stereocenters. The Kier molecular flexibility index (Phi) is 6.61. The van der Waals surface area contributed by atoms with Crippen molar-refractivity contribution in [2.45, 2.75) is 33.6 Å². The summed E-state index contributed by atoms with van der Waals surface area (Å²) in [5.41, 5.74) is 2.78. The molecule has 8 heteroatoms. The highest BCUT2D eigenvalue weighted by molar-refractivity contribution is 7.17. The molecule has 2 aromatic rings. The first-order valence-electron chi connectivity index (χ1n) is 9.67. The van der Waals surface area contributed by atoms with Crippen LogP contribution >= 0.6 is 11.3 Å². The van der Waals surface area contributed by atoms with Crippen molar-refractivity contribution in [1.29, 1.82) is 0 Å². The van der Waals surface area contributed by atoms with Gasteiger partial charge in [0.1, 0.15) is 9.88 Å². The van der Waals surface area contributed by atoms with Crippen LogP contribution in [0, 0.1) is 6.92 Å². The van der Waals surface area contributed by atoms with Crippen LogP contribution in [0.5, 0.6) is 0 Å². The normalized spacial score (nSPS) is 14.2. The molecule has 28 heavy (non-hydrogen) atoms. The smallest absolute Gasteiger partial charge is 0.409 e. The second kappa shape index (κ2) is 9.14. The van der Waals surface area contributed by atoms with Crippen LogP contribution in [0.3, 0.4) is 0 Å². The van der Waals surface area contributed by atoms with Gasteiger partial charge in [-0.15, -0.1) is 11.3 Å². The quantitative estimate of drug-likeness (QED) is 0.766. The van der Waals surface area contributed by atoms with E-state index in [0.717, 1.165) is 34.8 Å². The number of hydrogen-bond acceptors (Lipinski definition) is 6. The van der Waals surface area contributed by atoms with Crippen LogP contribution in [0.15, 0.2) is 18.3 Å². The molecule has 0 bridgehead atoms. The molecule has 3 heterocycles. The number of aryl methyl sites for hydroxylation is 2. The molecule has 0 N–H and O–H groups in total. The van der Waals surface area contributed by atoms with Gasteiger partial charge in [0, 0.05) is 43.6 Å². The highest BCUT2D eigenvalue weighted by Gasteiger charge is 2.28. The maximum Gasteiger partial charge on any atom is 0.409 e. The molecule has 0 saturated carbocycles. The Balaban J connectivity index is 1.70. The van der Waals surface area contributed by atoms with E-state index in [-0.39, 0.29) is 12.0 Å². The van der Waals surface area contributed by atoms with Gasteiger partial charge in [0.15, 0.2) is 0 Å². The number of rotatable bonds is 5. The SMILES string of the molecule is CCCc1cc(-c2nc(C)c(C(=O)N3CCN(C(=O)OCC)CC3)s2)ccn1. The second-order valence-corrected chi connectivity index (χ2v) is 7.70. The Morgan fingerprint density at radius 1 is 1.18 bits per heavy atom. The predicted molar refractivity (Wildman–Crippen MR) is 109 cm³/mol. The maximum atomic E-state index is 13.0. The van der Waals surface area contributed by atoms with E-state index in [1.807, 2.05) is 19.1 Å². The number of carbonyl (C=O) groups excluding carboxylic acids is 2. The molecule has 1 fully saturated rings. The first-order chi connectivity index (χ1) is 13.5. The van der Waals surface area contributed by atoms with Gasteiger partial charge in [0.2, 0.25) is 0 Å². The molecule has 3 rings (SSSR count). The fraction of sp³-hybridized carbons (Fsp3) is 0.500. The molecular weight excluding hydrogens is 376 g/mol. The minimum absolute atomic E-state index is 0.0207. The van der Waals surface area contributed by atoms with Crippen LogP contribution < -0.4 is 0 Å². The topological polar surface area (TPSA) is 75.6 Å². The molecule has 2 amide bonds. The van der Waals surface area contributed by atoms with Crippen molar-refractivity contribution in [2.24, 2.45) is 0 Å². The summed E-state index contributed by atoms with van der Waals surface area (Å²) >= 11 is 1.42. The van der Waals surface area contributed by atoms with Crippen LogP contribution in [0.2, 0.25) is 0 Å². The van der Waals surface area contributed by atoms with Gasteiger partial charge in [-0.05, 0) is 32.4 Å². The standard InChI is InChI=1S/C20H26N4O3S/c1-4-6-16-13-15(7-8-21-16)18-22-14(3)17(28-18)19(25)23-9-11-24(12-10-23)20(26)27-5-2/h7-8,13H,4-6,9-12H2,1-3H3. The Morgan fingerprint density at radius 3 is 2.57 bits per heavy atom. The van der Waals surface area contributed by atoms with Gasteiger partial charge in [-0.3, -0.25) is 9.78 Å². The van der Waals surface area contributed by atoms with E-state index >= 15 is 0 Å². The second-order valence-electron chi connectivity index (χ2n) is 6.70. The number of piperazine rings is 1. The van der Waals surface area contributed by atoms with Gasteiger partial charge in [-0.25, -0.2) is 9.78 Å². The molecule has 0 spiro atoms. The van der Waals surface area contributed by atoms with E-state index in [9.17, 15) is 9.59 Å². The van der Waals surface area contributed by atoms with Crippen molar-refractivity contribution in [3.8, 4) is 10.6 Å². The van der Waals surface area contributed by atoms with E-state index < -0.39 is 0 Å². The third-order valence-electron chi connectivity index (χ3n) is 4.65. The van der Waals surface area contributed by atoms with Crippen LogP contribution in [0.1, 0.15) is 41.3 Å². The molecule has 1 aliphatic heterocycles. The van der Waals surface area contributed by atoms with Crippen LogP contribution in [-0.2, 0) is 11.2 Å². The summed E-state index contributed by atoms with van der Waals surface area (Å²) in [7, 11) is 0. The van der Waals surface area contributed by atoms with Gasteiger partial charge in [0.25, 0.3) is 5.91 Å². The molecular formula is C20H26N4O3S.